The molecule has 0 atom stereocenters. The molecule has 3 heterocycles. The van der Waals surface area contributed by atoms with Crippen LogP contribution < -0.4 is 20.4 Å². The fraction of sp³-hybridized carbons (Fsp3) is 0.571. The minimum absolute atomic E-state index is 0.394. The summed E-state index contributed by atoms with van der Waals surface area (Å²) in [5, 5.41) is 7.27. The summed E-state index contributed by atoms with van der Waals surface area (Å²) >= 11 is 0. The van der Waals surface area contributed by atoms with Crippen molar-refractivity contribution in [3.05, 3.63) is 24.3 Å². The lowest BCUT2D eigenvalue weighted by Crippen LogP contribution is -2.53. The zero-order chi connectivity index (χ0) is 11.9. The van der Waals surface area contributed by atoms with E-state index in [1.165, 1.54) is 24.2 Å². The van der Waals surface area contributed by atoms with E-state index in [4.69, 9.17) is 0 Å². The number of benzene rings is 1. The number of fused-ring (bicyclic) bond motifs is 5. The number of piperidine rings is 1. The van der Waals surface area contributed by atoms with Gasteiger partial charge in [-0.1, -0.05) is 12.1 Å². The Balaban J connectivity index is 1.55. The van der Waals surface area contributed by atoms with Crippen LogP contribution in [0.25, 0.3) is 0 Å². The van der Waals surface area contributed by atoms with Gasteiger partial charge in [0.15, 0.2) is 6.29 Å². The van der Waals surface area contributed by atoms with Gasteiger partial charge >= 0.3 is 0 Å². The molecule has 18 heavy (non-hydrogen) atoms. The van der Waals surface area contributed by atoms with Gasteiger partial charge in [0, 0.05) is 19.1 Å². The van der Waals surface area contributed by atoms with E-state index >= 15 is 0 Å². The third kappa shape index (κ3) is 1.52. The molecular formula is C14H20N4. The number of nitrogens with zero attached hydrogens (tertiary/aromatic N) is 2. The van der Waals surface area contributed by atoms with Crippen LogP contribution in [0.15, 0.2) is 24.3 Å². The zero-order valence-corrected chi connectivity index (χ0v) is 10.6. The molecule has 96 valence electrons. The third-order valence-corrected chi connectivity index (χ3v) is 4.40. The largest absolute Gasteiger partial charge is 0.335 e. The van der Waals surface area contributed by atoms with Crippen LogP contribution in [0.1, 0.15) is 12.8 Å². The Bertz CT molecular complexity index is 410. The lowest BCUT2D eigenvalue weighted by molar-refractivity contribution is 0.355. The second-order valence-electron chi connectivity index (χ2n) is 5.44. The molecule has 0 unspecified atom stereocenters. The molecule has 3 aliphatic heterocycles. The molecule has 4 rings (SSSR count). The van der Waals surface area contributed by atoms with Crippen molar-refractivity contribution < 1.29 is 0 Å². The monoisotopic (exact) mass is 244 g/mol. The van der Waals surface area contributed by atoms with Crippen molar-refractivity contribution in [3.8, 4) is 0 Å². The number of hydrogen-bond donors (Lipinski definition) is 2. The van der Waals surface area contributed by atoms with E-state index in [2.05, 4.69) is 44.7 Å². The third-order valence-electron chi connectivity index (χ3n) is 4.40. The Morgan fingerprint density at radius 3 is 2.22 bits per heavy atom. The molecule has 1 aromatic carbocycles. The van der Waals surface area contributed by atoms with E-state index in [0.29, 0.717) is 12.3 Å². The van der Waals surface area contributed by atoms with Crippen molar-refractivity contribution in [2.45, 2.75) is 25.2 Å². The molecule has 3 aliphatic rings. The summed E-state index contributed by atoms with van der Waals surface area (Å²) in [6.07, 6.45) is 2.88. The maximum absolute atomic E-state index is 3.84. The van der Waals surface area contributed by atoms with Crippen LogP contribution >= 0.6 is 0 Å². The second-order valence-corrected chi connectivity index (χ2v) is 5.44. The first-order valence-electron chi connectivity index (χ1n) is 7.02. The number of hydrogen-bond acceptors (Lipinski definition) is 4. The number of para-hydroxylation sites is 2. The van der Waals surface area contributed by atoms with Gasteiger partial charge in [0.25, 0.3) is 0 Å². The van der Waals surface area contributed by atoms with E-state index in [-0.39, 0.29) is 0 Å². The van der Waals surface area contributed by atoms with Crippen molar-refractivity contribution in [3.63, 3.8) is 0 Å². The molecule has 0 aliphatic carbocycles. The maximum atomic E-state index is 3.84. The van der Waals surface area contributed by atoms with Gasteiger partial charge in [-0.05, 0) is 38.1 Å². The van der Waals surface area contributed by atoms with Crippen LogP contribution in [0.3, 0.4) is 0 Å². The molecule has 4 heteroatoms. The summed E-state index contributed by atoms with van der Waals surface area (Å²) in [7, 11) is 0. The summed E-state index contributed by atoms with van der Waals surface area (Å²) in [6.45, 7) is 4.61. The highest BCUT2D eigenvalue weighted by Gasteiger charge is 2.41. The zero-order valence-electron chi connectivity index (χ0n) is 10.6. The molecule has 0 saturated carbocycles. The Labute approximate surface area is 108 Å². The smallest absolute Gasteiger partial charge is 0.158 e. The number of anilines is 2. The Hall–Kier alpha value is -1.26. The molecule has 2 saturated heterocycles. The van der Waals surface area contributed by atoms with Crippen LogP contribution in [0, 0.1) is 0 Å². The van der Waals surface area contributed by atoms with Gasteiger partial charge in [0.2, 0.25) is 0 Å². The first-order valence-corrected chi connectivity index (χ1v) is 7.02. The Morgan fingerprint density at radius 2 is 1.61 bits per heavy atom. The second kappa shape index (κ2) is 4.14. The molecule has 0 radical (unpaired) electrons. The quantitative estimate of drug-likeness (QED) is 0.811. The number of nitrogens with one attached hydrogen (secondary N) is 2. The summed E-state index contributed by atoms with van der Waals surface area (Å²) in [5.74, 6) is 0. The molecule has 4 nitrogen and oxygen atoms in total. The van der Waals surface area contributed by atoms with Crippen LogP contribution in [0.2, 0.25) is 0 Å². The topological polar surface area (TPSA) is 30.5 Å². The molecule has 2 N–H and O–H groups in total. The van der Waals surface area contributed by atoms with Gasteiger partial charge in [-0.15, -0.1) is 0 Å². The predicted octanol–water partition coefficient (Wildman–Crippen LogP) is 0.952. The van der Waals surface area contributed by atoms with Gasteiger partial charge in [0.05, 0.1) is 11.4 Å². The maximum Gasteiger partial charge on any atom is 0.158 e. The van der Waals surface area contributed by atoms with E-state index in [9.17, 15) is 0 Å². The SMILES string of the molecule is c1ccc2c(c1)N1CCN2C1NC1CCNCC1. The lowest BCUT2D eigenvalue weighted by atomic mass is 10.1. The minimum Gasteiger partial charge on any atom is -0.335 e. The van der Waals surface area contributed by atoms with Gasteiger partial charge in [-0.25, -0.2) is 0 Å². The van der Waals surface area contributed by atoms with E-state index in [1.54, 1.807) is 0 Å². The average Bonchev–Trinajstić information content (AvgIpc) is 2.96. The summed E-state index contributed by atoms with van der Waals surface area (Å²) in [5.41, 5.74) is 2.80. The first kappa shape index (κ1) is 10.6. The van der Waals surface area contributed by atoms with Gasteiger partial charge in [0.1, 0.15) is 0 Å². The normalized spacial score (nSPS) is 23.8. The summed E-state index contributed by atoms with van der Waals surface area (Å²) in [6, 6.07) is 9.43. The molecular weight excluding hydrogens is 224 g/mol. The first-order chi connectivity index (χ1) is 8.93. The van der Waals surface area contributed by atoms with Crippen LogP contribution in [0.4, 0.5) is 11.4 Å². The molecule has 0 amide bonds. The van der Waals surface area contributed by atoms with Gasteiger partial charge in [-0.3, -0.25) is 5.32 Å². The molecule has 0 spiro atoms. The van der Waals surface area contributed by atoms with E-state index < -0.39 is 0 Å². The highest BCUT2D eigenvalue weighted by molar-refractivity contribution is 5.79. The lowest BCUT2D eigenvalue weighted by Gasteiger charge is -2.31. The van der Waals surface area contributed by atoms with Crippen molar-refractivity contribution in [2.24, 2.45) is 0 Å². The van der Waals surface area contributed by atoms with E-state index in [1.807, 2.05) is 0 Å². The number of rotatable bonds is 2. The van der Waals surface area contributed by atoms with Gasteiger partial charge in [-0.2, -0.15) is 0 Å². The fourth-order valence-electron chi connectivity index (χ4n) is 3.46. The summed E-state index contributed by atoms with van der Waals surface area (Å²) in [4.78, 5) is 5.02. The summed E-state index contributed by atoms with van der Waals surface area (Å²) < 4.78 is 0. The van der Waals surface area contributed by atoms with Crippen molar-refractivity contribution in [1.82, 2.24) is 10.6 Å². The minimum atomic E-state index is 0.394. The molecule has 0 aromatic heterocycles. The van der Waals surface area contributed by atoms with Gasteiger partial charge < -0.3 is 15.1 Å². The van der Waals surface area contributed by atoms with Crippen molar-refractivity contribution >= 4 is 11.4 Å². The predicted molar refractivity (Wildman–Crippen MR) is 73.9 cm³/mol. The van der Waals surface area contributed by atoms with Crippen molar-refractivity contribution in [2.75, 3.05) is 36.0 Å². The fourth-order valence-corrected chi connectivity index (χ4v) is 3.46. The Morgan fingerprint density at radius 1 is 1.00 bits per heavy atom. The highest BCUT2D eigenvalue weighted by Crippen LogP contribution is 2.42. The molecule has 2 fully saturated rings. The molecule has 2 bridgehead atoms. The Kier molecular flexibility index (Phi) is 2.45. The van der Waals surface area contributed by atoms with Crippen LogP contribution in [0.5, 0.6) is 0 Å². The van der Waals surface area contributed by atoms with Crippen molar-refractivity contribution in [1.29, 1.82) is 0 Å². The van der Waals surface area contributed by atoms with Crippen LogP contribution in [-0.2, 0) is 0 Å². The van der Waals surface area contributed by atoms with Crippen LogP contribution in [-0.4, -0.2) is 38.5 Å². The average molecular weight is 244 g/mol. The standard InChI is InChI=1S/C14H20N4/c1-2-4-13-12(3-1)17-9-10-18(13)14(17)16-11-5-7-15-8-6-11/h1-4,11,14-16H,5-10H2. The highest BCUT2D eigenvalue weighted by atomic mass is 15.5. The van der Waals surface area contributed by atoms with E-state index in [0.717, 1.165) is 26.2 Å². The molecule has 1 aromatic rings.